The van der Waals surface area contributed by atoms with Crippen LogP contribution in [0.3, 0.4) is 0 Å². The molecule has 1 aliphatic carbocycles. The number of likely N-dealkylation sites (tertiary alicyclic amines) is 1. The molecule has 2 aromatic rings. The first kappa shape index (κ1) is 30.6. The molecule has 43 heavy (non-hydrogen) atoms. The van der Waals surface area contributed by atoms with Crippen LogP contribution in [0.25, 0.3) is 0 Å². The first-order chi connectivity index (χ1) is 20.6. The van der Waals surface area contributed by atoms with Crippen molar-refractivity contribution in [2.75, 3.05) is 61.9 Å². The average Bonchev–Trinajstić information content (AvgIpc) is 2.97. The van der Waals surface area contributed by atoms with Crippen molar-refractivity contribution in [3.8, 4) is 5.88 Å². The van der Waals surface area contributed by atoms with Crippen molar-refractivity contribution in [3.63, 3.8) is 0 Å². The van der Waals surface area contributed by atoms with Gasteiger partial charge in [0.2, 0.25) is 11.8 Å². The first-order valence-electron chi connectivity index (χ1n) is 14.7. The van der Waals surface area contributed by atoms with Crippen molar-refractivity contribution in [1.82, 2.24) is 29.7 Å². The lowest BCUT2D eigenvalue weighted by molar-refractivity contribution is -0.0760. The van der Waals surface area contributed by atoms with E-state index in [0.29, 0.717) is 6.61 Å². The van der Waals surface area contributed by atoms with Crippen molar-refractivity contribution in [2.45, 2.75) is 64.0 Å². The van der Waals surface area contributed by atoms with Crippen LogP contribution < -0.4 is 20.3 Å². The minimum Gasteiger partial charge on any atom is -0.477 e. The molecule has 2 aliphatic heterocycles. The summed E-state index contributed by atoms with van der Waals surface area (Å²) >= 11 is 0. The number of urea groups is 1. The van der Waals surface area contributed by atoms with Crippen LogP contribution in [0.5, 0.6) is 5.88 Å². The number of amides is 3. The fourth-order valence-electron chi connectivity index (χ4n) is 6.01. The zero-order chi connectivity index (χ0) is 30.6. The van der Waals surface area contributed by atoms with Crippen LogP contribution >= 0.6 is 0 Å². The molecule has 2 aromatic heterocycles. The van der Waals surface area contributed by atoms with Crippen LogP contribution in [0.15, 0.2) is 24.7 Å². The summed E-state index contributed by atoms with van der Waals surface area (Å²) in [5, 5.41) is 5.14. The smallest absolute Gasteiger partial charge is 0.413 e. The molecule has 1 saturated carbocycles. The summed E-state index contributed by atoms with van der Waals surface area (Å²) in [7, 11) is 1.30. The van der Waals surface area contributed by atoms with E-state index in [0.717, 1.165) is 50.2 Å². The van der Waals surface area contributed by atoms with Crippen molar-refractivity contribution in [1.29, 1.82) is 0 Å². The largest absolute Gasteiger partial charge is 0.477 e. The number of hydrogen-bond acceptors (Lipinski definition) is 10. The molecule has 0 aromatic carbocycles. The van der Waals surface area contributed by atoms with E-state index in [-0.39, 0.29) is 48.1 Å². The van der Waals surface area contributed by atoms with Gasteiger partial charge in [-0.1, -0.05) is 6.92 Å². The Bertz CT molecular complexity index is 1270. The third-order valence-corrected chi connectivity index (χ3v) is 8.65. The molecule has 0 unspecified atom stereocenters. The zero-order valence-corrected chi connectivity index (χ0v) is 24.8. The van der Waals surface area contributed by atoms with Crippen molar-refractivity contribution in [2.24, 2.45) is 5.41 Å². The van der Waals surface area contributed by atoms with Crippen molar-refractivity contribution in [3.05, 3.63) is 24.7 Å². The Morgan fingerprint density at radius 3 is 2.49 bits per heavy atom. The Balaban J connectivity index is 1.15. The minimum atomic E-state index is -3.15. The topological polar surface area (TPSA) is 138 Å². The molecular formula is C28H39F2N9O4. The number of hydrogen-bond donors (Lipinski definition) is 2. The van der Waals surface area contributed by atoms with Crippen LogP contribution in [-0.2, 0) is 4.74 Å². The number of halogens is 2. The fourth-order valence-corrected chi connectivity index (χ4v) is 6.01. The van der Waals surface area contributed by atoms with Gasteiger partial charge in [0.15, 0.2) is 5.82 Å². The quantitative estimate of drug-likeness (QED) is 0.458. The third kappa shape index (κ3) is 7.20. The summed E-state index contributed by atoms with van der Waals surface area (Å²) in [4.78, 5) is 47.1. The summed E-state index contributed by atoms with van der Waals surface area (Å²) in [5.74, 6) is -2.40. The maximum atomic E-state index is 15.0. The molecular weight excluding hydrogens is 564 g/mol. The van der Waals surface area contributed by atoms with E-state index in [4.69, 9.17) is 9.47 Å². The summed E-state index contributed by atoms with van der Waals surface area (Å²) < 4.78 is 40.9. The summed E-state index contributed by atoms with van der Waals surface area (Å²) in [6.07, 6.45) is 6.80. The van der Waals surface area contributed by atoms with Gasteiger partial charge in [-0.3, -0.25) is 10.6 Å². The SMILES string of the molecule is CCOc1cnc(NC(=O)N(C)[C@H]2CN(c3nccc(NC(=O)OC4CC5(CCN(CC)CC5)C4)n3)CCC2(F)F)cn1. The summed E-state index contributed by atoms with van der Waals surface area (Å²) in [6, 6.07) is -0.726. The van der Waals surface area contributed by atoms with Crippen LogP contribution in [0, 0.1) is 5.41 Å². The van der Waals surface area contributed by atoms with Gasteiger partial charge in [0, 0.05) is 32.8 Å². The Morgan fingerprint density at radius 1 is 1.05 bits per heavy atom. The van der Waals surface area contributed by atoms with Gasteiger partial charge < -0.3 is 24.2 Å². The number of piperidine rings is 2. The number of carbonyl (C=O) groups excluding carboxylic acids is 2. The van der Waals surface area contributed by atoms with E-state index in [1.54, 1.807) is 11.8 Å². The van der Waals surface area contributed by atoms with Crippen LogP contribution in [0.4, 0.5) is 36.0 Å². The number of anilines is 3. The van der Waals surface area contributed by atoms with Crippen LogP contribution in [0.1, 0.15) is 46.0 Å². The predicted octanol–water partition coefficient (Wildman–Crippen LogP) is 3.86. The standard InChI is InChI=1S/C28H39F2N9O4/c1-4-38-11-7-27(8-12-38)14-19(15-27)43-26(41)36-21-6-10-31-24(34-21)39-13-9-28(29,30)20(18-39)37(3)25(40)35-22-16-33-23(17-32-22)42-5-2/h6,10,16-17,19-20H,4-5,7-9,11-15,18H2,1-3H3,(H,32,35,40)(H,31,34,36,41)/t20-/m0/s1. The van der Waals surface area contributed by atoms with Gasteiger partial charge in [-0.25, -0.2) is 33.3 Å². The highest BCUT2D eigenvalue weighted by atomic mass is 19.3. The maximum absolute atomic E-state index is 15.0. The number of alkyl halides is 2. The van der Waals surface area contributed by atoms with Crippen LogP contribution in [0.2, 0.25) is 0 Å². The third-order valence-electron chi connectivity index (χ3n) is 8.65. The van der Waals surface area contributed by atoms with Crippen molar-refractivity contribution < 1.29 is 27.8 Å². The van der Waals surface area contributed by atoms with E-state index in [1.165, 1.54) is 31.7 Å². The lowest BCUT2D eigenvalue weighted by atomic mass is 9.61. The summed E-state index contributed by atoms with van der Waals surface area (Å²) in [6.45, 7) is 7.35. The van der Waals surface area contributed by atoms with Gasteiger partial charge in [-0.2, -0.15) is 4.98 Å². The molecule has 2 N–H and O–H groups in total. The Hall–Kier alpha value is -3.88. The highest BCUT2D eigenvalue weighted by Gasteiger charge is 2.49. The molecule has 3 aliphatic rings. The van der Waals surface area contributed by atoms with Gasteiger partial charge in [0.05, 0.1) is 19.0 Å². The van der Waals surface area contributed by atoms with E-state index in [1.807, 2.05) is 0 Å². The molecule has 3 fully saturated rings. The van der Waals surface area contributed by atoms with Gasteiger partial charge in [-0.15, -0.1) is 0 Å². The number of aromatic nitrogens is 4. The second-order valence-corrected chi connectivity index (χ2v) is 11.4. The monoisotopic (exact) mass is 603 g/mol. The molecule has 5 rings (SSSR count). The van der Waals surface area contributed by atoms with E-state index < -0.39 is 30.5 Å². The first-order valence-corrected chi connectivity index (χ1v) is 14.7. The molecule has 2 saturated heterocycles. The second-order valence-electron chi connectivity index (χ2n) is 11.4. The van der Waals surface area contributed by atoms with Crippen molar-refractivity contribution >= 4 is 29.7 Å². The molecule has 1 spiro atoms. The minimum absolute atomic E-state index is 0.0309. The number of nitrogens with one attached hydrogen (secondary N) is 2. The number of nitrogens with zero attached hydrogens (tertiary/aromatic N) is 7. The molecule has 4 heterocycles. The van der Waals surface area contributed by atoms with Gasteiger partial charge in [-0.05, 0) is 63.7 Å². The normalized spacial score (nSPS) is 21.5. The van der Waals surface area contributed by atoms with E-state index in [2.05, 4.69) is 42.4 Å². The number of rotatable bonds is 8. The van der Waals surface area contributed by atoms with Gasteiger partial charge in [0.1, 0.15) is 18.0 Å². The fraction of sp³-hybridized carbons (Fsp3) is 0.643. The Labute approximate surface area is 249 Å². The molecule has 13 nitrogen and oxygen atoms in total. The van der Waals surface area contributed by atoms with E-state index >= 15 is 8.78 Å². The zero-order valence-electron chi connectivity index (χ0n) is 24.8. The van der Waals surface area contributed by atoms with Gasteiger partial charge in [0.25, 0.3) is 5.92 Å². The molecule has 234 valence electrons. The lowest BCUT2D eigenvalue weighted by Crippen LogP contribution is -2.60. The number of carbonyl (C=O) groups is 2. The number of ether oxygens (including phenoxy) is 2. The Kier molecular flexibility index (Phi) is 9.08. The van der Waals surface area contributed by atoms with Gasteiger partial charge >= 0.3 is 12.1 Å². The van der Waals surface area contributed by atoms with E-state index in [9.17, 15) is 9.59 Å². The molecule has 15 heteroatoms. The maximum Gasteiger partial charge on any atom is 0.413 e. The second kappa shape index (κ2) is 12.8. The molecule has 1 atom stereocenters. The van der Waals surface area contributed by atoms with Crippen LogP contribution in [-0.4, -0.2) is 106 Å². The molecule has 0 radical (unpaired) electrons. The Morgan fingerprint density at radius 2 is 1.81 bits per heavy atom. The number of likely N-dealkylation sites (N-methyl/N-ethyl adjacent to an activating group) is 1. The molecule has 3 amide bonds. The lowest BCUT2D eigenvalue weighted by Gasteiger charge is -2.51. The summed E-state index contributed by atoms with van der Waals surface area (Å²) in [5.41, 5.74) is 0.275. The highest BCUT2D eigenvalue weighted by molar-refractivity contribution is 5.88. The highest BCUT2D eigenvalue weighted by Crippen LogP contribution is 2.50. The molecule has 0 bridgehead atoms. The predicted molar refractivity (Wildman–Crippen MR) is 154 cm³/mol. The average molecular weight is 604 g/mol.